The van der Waals surface area contributed by atoms with Crippen LogP contribution in [0.25, 0.3) is 0 Å². The first-order valence-electron chi connectivity index (χ1n) is 7.48. The molecule has 0 aromatic heterocycles. The number of phenolic OH excluding ortho intramolecular Hbond substituents is 1. The van der Waals surface area contributed by atoms with Crippen molar-refractivity contribution in [2.75, 3.05) is 19.6 Å². The normalized spacial score (nSPS) is 18.2. The Balaban J connectivity index is 2.13. The van der Waals surface area contributed by atoms with Crippen LogP contribution >= 0.6 is 22.6 Å². The molecule has 1 aliphatic rings. The summed E-state index contributed by atoms with van der Waals surface area (Å²) in [5.41, 5.74) is 0.562. The van der Waals surface area contributed by atoms with Crippen LogP contribution in [0.3, 0.4) is 0 Å². The van der Waals surface area contributed by atoms with Gasteiger partial charge in [-0.25, -0.2) is 0 Å². The Hall–Kier alpha value is -0.820. The fraction of sp³-hybridized carbons (Fsp3) is 0.562. The molecular formula is C16H23IN2O2. The van der Waals surface area contributed by atoms with E-state index in [9.17, 15) is 9.90 Å². The fourth-order valence-corrected chi connectivity index (χ4v) is 3.02. The van der Waals surface area contributed by atoms with Gasteiger partial charge in [0.1, 0.15) is 5.75 Å². The van der Waals surface area contributed by atoms with Crippen molar-refractivity contribution in [2.45, 2.75) is 32.7 Å². The van der Waals surface area contributed by atoms with Crippen LogP contribution < -0.4 is 5.32 Å². The summed E-state index contributed by atoms with van der Waals surface area (Å²) in [4.78, 5) is 14.6. The van der Waals surface area contributed by atoms with E-state index >= 15 is 0 Å². The number of phenols is 1. The molecule has 1 heterocycles. The Labute approximate surface area is 140 Å². The number of rotatable bonds is 5. The van der Waals surface area contributed by atoms with E-state index in [1.807, 2.05) is 4.90 Å². The summed E-state index contributed by atoms with van der Waals surface area (Å²) in [5, 5.41) is 13.2. The Bertz CT molecular complexity index is 499. The van der Waals surface area contributed by atoms with E-state index in [1.54, 1.807) is 18.2 Å². The van der Waals surface area contributed by atoms with Crippen LogP contribution in [0.2, 0.25) is 0 Å². The maximum Gasteiger partial charge on any atom is 0.254 e. The number of hydrogen-bond acceptors (Lipinski definition) is 3. The number of carbonyl (C=O) groups is 1. The number of aromatic hydroxyl groups is 1. The number of amides is 1. The second-order valence-electron chi connectivity index (χ2n) is 6.06. The Morgan fingerprint density at radius 2 is 2.29 bits per heavy atom. The van der Waals surface area contributed by atoms with E-state index in [1.165, 1.54) is 6.42 Å². The average molecular weight is 402 g/mol. The van der Waals surface area contributed by atoms with Crippen LogP contribution in [-0.2, 0) is 0 Å². The molecule has 2 N–H and O–H groups in total. The minimum atomic E-state index is 0.00380. The molecule has 1 unspecified atom stereocenters. The molecule has 1 aliphatic heterocycles. The number of nitrogens with zero attached hydrogens (tertiary/aromatic N) is 1. The fourth-order valence-electron chi connectivity index (χ4n) is 2.69. The minimum absolute atomic E-state index is 0.00380. The predicted molar refractivity (Wildman–Crippen MR) is 92.6 cm³/mol. The van der Waals surface area contributed by atoms with E-state index in [-0.39, 0.29) is 11.7 Å². The van der Waals surface area contributed by atoms with Crippen molar-refractivity contribution < 1.29 is 9.90 Å². The first-order chi connectivity index (χ1) is 9.97. The van der Waals surface area contributed by atoms with Gasteiger partial charge in [-0.3, -0.25) is 4.79 Å². The monoisotopic (exact) mass is 402 g/mol. The summed E-state index contributed by atoms with van der Waals surface area (Å²) < 4.78 is 0.761. The highest BCUT2D eigenvalue weighted by Gasteiger charge is 2.23. The van der Waals surface area contributed by atoms with Gasteiger partial charge in [0.25, 0.3) is 5.91 Å². The van der Waals surface area contributed by atoms with Gasteiger partial charge in [0, 0.05) is 24.7 Å². The maximum atomic E-state index is 12.7. The van der Waals surface area contributed by atoms with Gasteiger partial charge in [0.15, 0.2) is 0 Å². The van der Waals surface area contributed by atoms with Crippen molar-refractivity contribution >= 4 is 28.5 Å². The lowest BCUT2D eigenvalue weighted by Gasteiger charge is -2.27. The van der Waals surface area contributed by atoms with Gasteiger partial charge >= 0.3 is 0 Å². The second kappa shape index (κ2) is 7.45. The summed E-state index contributed by atoms with van der Waals surface area (Å²) in [6.07, 6.45) is 2.30. The molecule has 2 rings (SSSR count). The molecule has 0 aliphatic carbocycles. The van der Waals surface area contributed by atoms with Crippen molar-refractivity contribution in [1.29, 1.82) is 0 Å². The van der Waals surface area contributed by atoms with E-state index in [2.05, 4.69) is 41.8 Å². The highest BCUT2D eigenvalue weighted by atomic mass is 127. The van der Waals surface area contributed by atoms with Crippen LogP contribution in [0.15, 0.2) is 18.2 Å². The summed E-state index contributed by atoms with van der Waals surface area (Å²) in [6, 6.07) is 5.54. The first-order valence-corrected chi connectivity index (χ1v) is 8.56. The highest BCUT2D eigenvalue weighted by Crippen LogP contribution is 2.22. The second-order valence-corrected chi connectivity index (χ2v) is 7.23. The van der Waals surface area contributed by atoms with E-state index in [4.69, 9.17) is 0 Å². The molecule has 1 saturated heterocycles. The highest BCUT2D eigenvalue weighted by molar-refractivity contribution is 14.1. The van der Waals surface area contributed by atoms with Gasteiger partial charge in [0.05, 0.1) is 3.57 Å². The van der Waals surface area contributed by atoms with Crippen molar-refractivity contribution in [3.05, 3.63) is 27.3 Å². The molecule has 0 saturated carbocycles. The Kier molecular flexibility index (Phi) is 5.87. The van der Waals surface area contributed by atoms with Crippen LogP contribution in [0.5, 0.6) is 5.75 Å². The molecule has 5 heteroatoms. The largest absolute Gasteiger partial charge is 0.507 e. The van der Waals surface area contributed by atoms with Gasteiger partial charge in [-0.05, 0) is 66.1 Å². The van der Waals surface area contributed by atoms with Gasteiger partial charge in [0.2, 0.25) is 0 Å². The molecule has 1 atom stereocenters. The lowest BCUT2D eigenvalue weighted by Crippen LogP contribution is -2.42. The van der Waals surface area contributed by atoms with E-state index in [0.717, 1.165) is 29.6 Å². The summed E-state index contributed by atoms with van der Waals surface area (Å²) in [7, 11) is 0. The van der Waals surface area contributed by atoms with Gasteiger partial charge in [-0.1, -0.05) is 13.8 Å². The molecule has 0 radical (unpaired) electrons. The number of halogens is 1. The molecule has 0 bridgehead atoms. The van der Waals surface area contributed by atoms with Crippen molar-refractivity contribution in [1.82, 2.24) is 10.2 Å². The number of carbonyl (C=O) groups excluding carboxylic acids is 1. The summed E-state index contributed by atoms with van der Waals surface area (Å²) in [5.74, 6) is 0.599. The van der Waals surface area contributed by atoms with Gasteiger partial charge in [-0.2, -0.15) is 0 Å². The van der Waals surface area contributed by atoms with Crippen LogP contribution in [0.4, 0.5) is 0 Å². The van der Waals surface area contributed by atoms with Gasteiger partial charge in [-0.15, -0.1) is 0 Å². The first kappa shape index (κ1) is 16.5. The zero-order valence-corrected chi connectivity index (χ0v) is 14.8. The van der Waals surface area contributed by atoms with Gasteiger partial charge < -0.3 is 15.3 Å². The smallest absolute Gasteiger partial charge is 0.254 e. The molecule has 0 spiro atoms. The third-order valence-corrected chi connectivity index (χ3v) is 4.58. The average Bonchev–Trinajstić information content (AvgIpc) is 2.93. The van der Waals surface area contributed by atoms with Crippen LogP contribution in [0, 0.1) is 9.49 Å². The minimum Gasteiger partial charge on any atom is -0.507 e. The zero-order chi connectivity index (χ0) is 15.4. The molecule has 116 valence electrons. The Morgan fingerprint density at radius 3 is 2.86 bits per heavy atom. The maximum absolute atomic E-state index is 12.7. The van der Waals surface area contributed by atoms with E-state index in [0.29, 0.717) is 17.5 Å². The predicted octanol–water partition coefficient (Wildman–Crippen LogP) is 2.85. The number of nitrogens with one attached hydrogen (secondary N) is 1. The van der Waals surface area contributed by atoms with Crippen LogP contribution in [0.1, 0.15) is 37.0 Å². The van der Waals surface area contributed by atoms with Crippen molar-refractivity contribution in [2.24, 2.45) is 5.92 Å². The number of hydrogen-bond donors (Lipinski definition) is 2. The van der Waals surface area contributed by atoms with Crippen LogP contribution in [-0.4, -0.2) is 41.6 Å². The third kappa shape index (κ3) is 4.57. The number of benzene rings is 1. The van der Waals surface area contributed by atoms with Crippen molar-refractivity contribution in [3.63, 3.8) is 0 Å². The summed E-state index contributed by atoms with van der Waals surface area (Å²) >= 11 is 2.06. The third-order valence-electron chi connectivity index (χ3n) is 3.67. The molecule has 1 amide bonds. The Morgan fingerprint density at radius 1 is 1.52 bits per heavy atom. The lowest BCUT2D eigenvalue weighted by atomic mass is 10.1. The molecule has 1 aromatic carbocycles. The molecule has 1 fully saturated rings. The quantitative estimate of drug-likeness (QED) is 0.745. The summed E-state index contributed by atoms with van der Waals surface area (Å²) in [6.45, 7) is 6.76. The SMILES string of the molecule is CC(C)CN(CC1CCCN1)C(=O)c1ccc(I)c(O)c1. The van der Waals surface area contributed by atoms with Crippen molar-refractivity contribution in [3.8, 4) is 5.75 Å². The lowest BCUT2D eigenvalue weighted by molar-refractivity contribution is 0.0721. The molecule has 4 nitrogen and oxygen atoms in total. The standard InChI is InChI=1S/C16H23IN2O2/c1-11(2)9-19(10-13-4-3-7-18-13)16(21)12-5-6-14(17)15(20)8-12/h5-6,8,11,13,18,20H,3-4,7,9-10H2,1-2H3. The topological polar surface area (TPSA) is 52.6 Å². The molecule has 1 aromatic rings. The molecular weight excluding hydrogens is 379 g/mol. The molecule has 21 heavy (non-hydrogen) atoms. The zero-order valence-electron chi connectivity index (χ0n) is 12.6. The van der Waals surface area contributed by atoms with E-state index < -0.39 is 0 Å².